The first-order chi connectivity index (χ1) is 7.16. The molecule has 0 bridgehead atoms. The number of hydrogen-bond acceptors (Lipinski definition) is 5. The fourth-order valence-corrected chi connectivity index (χ4v) is 3.61. The molecule has 2 heterocycles. The molecule has 0 spiro atoms. The highest BCUT2D eigenvalue weighted by Gasteiger charge is 2.28. The Morgan fingerprint density at radius 2 is 2.53 bits per heavy atom. The molecule has 2 unspecified atom stereocenters. The first-order valence-corrected chi connectivity index (χ1v) is 6.62. The third-order valence-electron chi connectivity index (χ3n) is 2.20. The molecule has 2 atom stereocenters. The van der Waals surface area contributed by atoms with Crippen molar-refractivity contribution in [2.45, 2.75) is 24.8 Å². The Morgan fingerprint density at radius 1 is 1.73 bits per heavy atom. The summed E-state index contributed by atoms with van der Waals surface area (Å²) in [4.78, 5) is 15.2. The molecule has 1 aromatic rings. The Hall–Kier alpha value is -0.590. The molecule has 0 radical (unpaired) electrons. The van der Waals surface area contributed by atoms with Crippen molar-refractivity contribution in [3.63, 3.8) is 0 Å². The molecular formula is C9H12N2O2S2. The van der Waals surface area contributed by atoms with E-state index in [9.17, 15) is 4.79 Å². The molecule has 0 amide bonds. The Kier molecular flexibility index (Phi) is 3.28. The Labute approximate surface area is 96.1 Å². The Morgan fingerprint density at radius 3 is 3.13 bits per heavy atom. The number of nitrogens with one attached hydrogen (secondary N) is 1. The van der Waals surface area contributed by atoms with E-state index in [4.69, 9.17) is 5.11 Å². The maximum atomic E-state index is 10.8. The van der Waals surface area contributed by atoms with E-state index < -0.39 is 12.0 Å². The summed E-state index contributed by atoms with van der Waals surface area (Å²) in [5, 5.41) is 15.0. The van der Waals surface area contributed by atoms with Crippen molar-refractivity contribution >= 4 is 29.1 Å². The van der Waals surface area contributed by atoms with Crippen LogP contribution in [0.25, 0.3) is 0 Å². The standard InChI is InChI=1S/C9H12N2O2S2/c1-5-4-15-7(10-5)8-11-6(9(12)13)2-3-14-8/h4,6,8,11H,2-3H2,1H3,(H,12,13). The summed E-state index contributed by atoms with van der Waals surface area (Å²) >= 11 is 3.31. The minimum Gasteiger partial charge on any atom is -0.480 e. The van der Waals surface area contributed by atoms with Gasteiger partial charge in [-0.3, -0.25) is 10.1 Å². The van der Waals surface area contributed by atoms with Gasteiger partial charge in [0.15, 0.2) is 0 Å². The predicted octanol–water partition coefficient (Wildman–Crippen LogP) is 1.63. The fourth-order valence-electron chi connectivity index (χ4n) is 1.45. The number of rotatable bonds is 2. The molecule has 2 rings (SSSR count). The second-order valence-corrected chi connectivity index (χ2v) is 5.53. The lowest BCUT2D eigenvalue weighted by Crippen LogP contribution is -2.41. The van der Waals surface area contributed by atoms with E-state index in [1.54, 1.807) is 23.1 Å². The number of carboxylic acid groups (broad SMARTS) is 1. The lowest BCUT2D eigenvalue weighted by Gasteiger charge is -2.26. The Bertz CT molecular complexity index is 367. The zero-order valence-corrected chi connectivity index (χ0v) is 9.90. The largest absolute Gasteiger partial charge is 0.480 e. The molecule has 0 saturated carbocycles. The molecule has 0 aromatic carbocycles. The molecule has 1 saturated heterocycles. The zero-order chi connectivity index (χ0) is 10.8. The number of carbonyl (C=O) groups is 1. The molecule has 1 aliphatic heterocycles. The molecular weight excluding hydrogens is 232 g/mol. The number of aromatic nitrogens is 1. The van der Waals surface area contributed by atoms with Crippen molar-refractivity contribution in [2.24, 2.45) is 0 Å². The molecule has 4 nitrogen and oxygen atoms in total. The normalized spacial score (nSPS) is 26.5. The maximum absolute atomic E-state index is 10.8. The third-order valence-corrected chi connectivity index (χ3v) is 4.54. The zero-order valence-electron chi connectivity index (χ0n) is 8.27. The minimum absolute atomic E-state index is 0.0403. The van der Waals surface area contributed by atoms with Crippen molar-refractivity contribution < 1.29 is 9.90 Å². The van der Waals surface area contributed by atoms with Crippen LogP contribution in [0.15, 0.2) is 5.38 Å². The number of nitrogens with zero attached hydrogens (tertiary/aromatic N) is 1. The lowest BCUT2D eigenvalue weighted by atomic mass is 10.2. The highest BCUT2D eigenvalue weighted by molar-refractivity contribution is 7.99. The average Bonchev–Trinajstić information content (AvgIpc) is 2.65. The summed E-state index contributed by atoms with van der Waals surface area (Å²) in [6.45, 7) is 1.95. The lowest BCUT2D eigenvalue weighted by molar-refractivity contribution is -0.139. The Balaban J connectivity index is 2.07. The van der Waals surface area contributed by atoms with Gasteiger partial charge < -0.3 is 5.11 Å². The minimum atomic E-state index is -0.770. The topological polar surface area (TPSA) is 62.2 Å². The summed E-state index contributed by atoms with van der Waals surface area (Å²) in [6.07, 6.45) is 0.681. The van der Waals surface area contributed by atoms with E-state index in [0.717, 1.165) is 16.5 Å². The summed E-state index contributed by atoms with van der Waals surface area (Å²) in [5.74, 6) is 0.0985. The van der Waals surface area contributed by atoms with Crippen molar-refractivity contribution in [2.75, 3.05) is 5.75 Å². The van der Waals surface area contributed by atoms with E-state index in [1.165, 1.54) is 0 Å². The summed E-state index contributed by atoms with van der Waals surface area (Å²) < 4.78 is 0. The summed E-state index contributed by atoms with van der Waals surface area (Å²) in [5.41, 5.74) is 0.995. The SMILES string of the molecule is Cc1csc(C2NC(C(=O)O)CCS2)n1. The van der Waals surface area contributed by atoms with Crippen molar-refractivity contribution in [1.82, 2.24) is 10.3 Å². The van der Waals surface area contributed by atoms with Crippen molar-refractivity contribution in [3.05, 3.63) is 16.1 Å². The number of hydrogen-bond donors (Lipinski definition) is 2. The van der Waals surface area contributed by atoms with E-state index in [2.05, 4.69) is 10.3 Å². The van der Waals surface area contributed by atoms with Crippen LogP contribution in [0.3, 0.4) is 0 Å². The number of thiazole rings is 1. The molecule has 1 aromatic heterocycles. The van der Waals surface area contributed by atoms with Crippen LogP contribution >= 0.6 is 23.1 Å². The monoisotopic (exact) mass is 244 g/mol. The number of aryl methyl sites for hydroxylation is 1. The fraction of sp³-hybridized carbons (Fsp3) is 0.556. The highest BCUT2D eigenvalue weighted by Crippen LogP contribution is 2.33. The van der Waals surface area contributed by atoms with Gasteiger partial charge in [0, 0.05) is 11.1 Å². The third kappa shape index (κ3) is 2.50. The second-order valence-electron chi connectivity index (χ2n) is 3.42. The van der Waals surface area contributed by atoms with Crippen LogP contribution < -0.4 is 5.32 Å². The molecule has 0 aliphatic carbocycles. The molecule has 1 aliphatic rings. The predicted molar refractivity (Wildman–Crippen MR) is 61.2 cm³/mol. The van der Waals surface area contributed by atoms with Gasteiger partial charge in [-0.05, 0) is 19.1 Å². The van der Waals surface area contributed by atoms with Gasteiger partial charge in [0.05, 0.1) is 0 Å². The van der Waals surface area contributed by atoms with Gasteiger partial charge in [-0.15, -0.1) is 23.1 Å². The van der Waals surface area contributed by atoms with Gasteiger partial charge in [-0.1, -0.05) is 0 Å². The van der Waals surface area contributed by atoms with Gasteiger partial charge in [-0.25, -0.2) is 4.98 Å². The summed E-state index contributed by atoms with van der Waals surface area (Å²) in [7, 11) is 0. The molecule has 15 heavy (non-hydrogen) atoms. The van der Waals surface area contributed by atoms with Crippen molar-refractivity contribution in [3.8, 4) is 0 Å². The van der Waals surface area contributed by atoms with Crippen molar-refractivity contribution in [1.29, 1.82) is 0 Å². The van der Waals surface area contributed by atoms with Crippen LogP contribution in [0.1, 0.15) is 22.5 Å². The van der Waals surface area contributed by atoms with E-state index >= 15 is 0 Å². The van der Waals surface area contributed by atoms with Gasteiger partial charge in [-0.2, -0.15) is 0 Å². The molecule has 2 N–H and O–H groups in total. The van der Waals surface area contributed by atoms with Gasteiger partial charge in [0.25, 0.3) is 0 Å². The van der Waals surface area contributed by atoms with Gasteiger partial charge in [0.1, 0.15) is 16.4 Å². The van der Waals surface area contributed by atoms with Crippen LogP contribution in [0, 0.1) is 6.92 Å². The van der Waals surface area contributed by atoms with Crippen LogP contribution in [-0.4, -0.2) is 27.9 Å². The summed E-state index contributed by atoms with van der Waals surface area (Å²) in [6, 6.07) is -0.430. The molecule has 82 valence electrons. The van der Waals surface area contributed by atoms with Crippen LogP contribution in [0.2, 0.25) is 0 Å². The van der Waals surface area contributed by atoms with Crippen LogP contribution in [0.4, 0.5) is 0 Å². The molecule has 1 fully saturated rings. The van der Waals surface area contributed by atoms with Gasteiger partial charge in [0.2, 0.25) is 0 Å². The first-order valence-electron chi connectivity index (χ1n) is 4.69. The first kappa shape index (κ1) is 10.9. The van der Waals surface area contributed by atoms with Gasteiger partial charge >= 0.3 is 5.97 Å². The van der Waals surface area contributed by atoms with E-state index in [-0.39, 0.29) is 5.37 Å². The highest BCUT2D eigenvalue weighted by atomic mass is 32.2. The van der Waals surface area contributed by atoms with Crippen LogP contribution in [-0.2, 0) is 4.79 Å². The van der Waals surface area contributed by atoms with E-state index in [1.807, 2.05) is 12.3 Å². The quantitative estimate of drug-likeness (QED) is 0.828. The maximum Gasteiger partial charge on any atom is 0.320 e. The number of thioether (sulfide) groups is 1. The number of carboxylic acids is 1. The van der Waals surface area contributed by atoms with E-state index in [0.29, 0.717) is 6.42 Å². The smallest absolute Gasteiger partial charge is 0.320 e. The van der Waals surface area contributed by atoms with Crippen LogP contribution in [0.5, 0.6) is 0 Å². The average molecular weight is 244 g/mol. The number of aliphatic carboxylic acids is 1. The second kappa shape index (κ2) is 4.51. The molecule has 6 heteroatoms.